The van der Waals surface area contributed by atoms with Crippen LogP contribution in [-0.4, -0.2) is 5.78 Å². The van der Waals surface area contributed by atoms with Gasteiger partial charge in [-0.15, -0.1) is 11.3 Å². The SMILES string of the molecule is Cc1cc(C)c(C(=O)C2CC2(C)C)s1. The molecule has 0 aromatic carbocycles. The minimum Gasteiger partial charge on any atom is -0.293 e. The highest BCUT2D eigenvalue weighted by Crippen LogP contribution is 2.53. The van der Waals surface area contributed by atoms with Crippen LogP contribution in [0.25, 0.3) is 0 Å². The number of aryl methyl sites for hydroxylation is 2. The van der Waals surface area contributed by atoms with E-state index in [1.165, 1.54) is 4.88 Å². The molecule has 1 aliphatic carbocycles. The van der Waals surface area contributed by atoms with Crippen molar-refractivity contribution in [1.82, 2.24) is 0 Å². The van der Waals surface area contributed by atoms with Gasteiger partial charge in [-0.25, -0.2) is 0 Å². The molecular weight excluding hydrogens is 192 g/mol. The average molecular weight is 208 g/mol. The van der Waals surface area contributed by atoms with Crippen LogP contribution in [0.2, 0.25) is 0 Å². The molecule has 1 nitrogen and oxygen atoms in total. The van der Waals surface area contributed by atoms with Gasteiger partial charge in [-0.1, -0.05) is 13.8 Å². The molecule has 1 aromatic heterocycles. The molecule has 1 saturated carbocycles. The second-order valence-electron chi connectivity index (χ2n) is 4.98. The summed E-state index contributed by atoms with van der Waals surface area (Å²) in [6, 6.07) is 2.10. The smallest absolute Gasteiger partial charge is 0.176 e. The van der Waals surface area contributed by atoms with Crippen LogP contribution in [-0.2, 0) is 0 Å². The Balaban J connectivity index is 2.25. The maximum absolute atomic E-state index is 12.1. The number of hydrogen-bond acceptors (Lipinski definition) is 2. The molecular formula is C12H16OS. The van der Waals surface area contributed by atoms with Gasteiger partial charge in [0.25, 0.3) is 0 Å². The van der Waals surface area contributed by atoms with E-state index < -0.39 is 0 Å². The summed E-state index contributed by atoms with van der Waals surface area (Å²) in [6.45, 7) is 8.44. The Morgan fingerprint density at radius 3 is 2.43 bits per heavy atom. The van der Waals surface area contributed by atoms with Gasteiger partial charge in [0.15, 0.2) is 5.78 Å². The number of rotatable bonds is 2. The highest BCUT2D eigenvalue weighted by Gasteiger charge is 2.51. The highest BCUT2D eigenvalue weighted by molar-refractivity contribution is 7.14. The summed E-state index contributed by atoms with van der Waals surface area (Å²) in [6.07, 6.45) is 1.06. The van der Waals surface area contributed by atoms with Crippen molar-refractivity contribution in [2.45, 2.75) is 34.1 Å². The second-order valence-corrected chi connectivity index (χ2v) is 6.24. The molecule has 2 heteroatoms. The molecule has 2 rings (SSSR count). The second kappa shape index (κ2) is 2.93. The standard InChI is InChI=1S/C12H16OS/c1-7-5-8(2)14-11(7)10(13)9-6-12(9,3)4/h5,9H,6H2,1-4H3. The zero-order chi connectivity index (χ0) is 10.5. The first-order valence-corrected chi connectivity index (χ1v) is 5.85. The molecule has 1 heterocycles. The summed E-state index contributed by atoms with van der Waals surface area (Å²) in [5.41, 5.74) is 1.40. The summed E-state index contributed by atoms with van der Waals surface area (Å²) in [5.74, 6) is 0.643. The van der Waals surface area contributed by atoms with Gasteiger partial charge >= 0.3 is 0 Å². The fourth-order valence-electron chi connectivity index (χ4n) is 1.96. The number of Topliss-reactive ketones (excluding diaryl/α,β-unsaturated/α-hetero) is 1. The van der Waals surface area contributed by atoms with E-state index in [-0.39, 0.29) is 11.3 Å². The fraction of sp³-hybridized carbons (Fsp3) is 0.583. The van der Waals surface area contributed by atoms with Crippen LogP contribution >= 0.6 is 11.3 Å². The average Bonchev–Trinajstić information content (AvgIpc) is 2.55. The zero-order valence-corrected chi connectivity index (χ0v) is 9.99. The van der Waals surface area contributed by atoms with Gasteiger partial charge in [0.2, 0.25) is 0 Å². The third-order valence-electron chi connectivity index (χ3n) is 3.09. The van der Waals surface area contributed by atoms with Gasteiger partial charge < -0.3 is 0 Å². The zero-order valence-electron chi connectivity index (χ0n) is 9.18. The van der Waals surface area contributed by atoms with E-state index in [4.69, 9.17) is 0 Å². The predicted octanol–water partition coefficient (Wildman–Crippen LogP) is 3.59. The van der Waals surface area contributed by atoms with Gasteiger partial charge in [0, 0.05) is 10.8 Å². The van der Waals surface area contributed by atoms with E-state index in [0.717, 1.165) is 16.9 Å². The lowest BCUT2D eigenvalue weighted by Crippen LogP contribution is -2.05. The van der Waals surface area contributed by atoms with Crippen molar-refractivity contribution in [1.29, 1.82) is 0 Å². The molecule has 0 bridgehead atoms. The first-order valence-electron chi connectivity index (χ1n) is 5.03. The maximum atomic E-state index is 12.1. The first-order chi connectivity index (χ1) is 6.42. The molecule has 1 fully saturated rings. The third kappa shape index (κ3) is 1.52. The lowest BCUT2D eigenvalue weighted by Gasteiger charge is -2.01. The Kier molecular flexibility index (Phi) is 2.07. The van der Waals surface area contributed by atoms with Crippen molar-refractivity contribution in [2.24, 2.45) is 11.3 Å². The molecule has 1 atom stereocenters. The van der Waals surface area contributed by atoms with Crippen molar-refractivity contribution in [3.05, 3.63) is 21.4 Å². The Morgan fingerprint density at radius 2 is 2.07 bits per heavy atom. The number of ketones is 1. The molecule has 0 spiro atoms. The molecule has 1 aromatic rings. The van der Waals surface area contributed by atoms with E-state index in [2.05, 4.69) is 26.8 Å². The fourth-order valence-corrected chi connectivity index (χ4v) is 2.98. The summed E-state index contributed by atoms with van der Waals surface area (Å²) < 4.78 is 0. The molecule has 0 N–H and O–H groups in total. The van der Waals surface area contributed by atoms with E-state index >= 15 is 0 Å². The summed E-state index contributed by atoms with van der Waals surface area (Å²) in [5, 5.41) is 0. The number of carbonyl (C=O) groups excluding carboxylic acids is 1. The Morgan fingerprint density at radius 1 is 1.50 bits per heavy atom. The summed E-state index contributed by atoms with van der Waals surface area (Å²) in [4.78, 5) is 14.3. The van der Waals surface area contributed by atoms with Gasteiger partial charge in [0.05, 0.1) is 4.88 Å². The topological polar surface area (TPSA) is 17.1 Å². The number of hydrogen-bond donors (Lipinski definition) is 0. The molecule has 0 aliphatic heterocycles. The molecule has 0 amide bonds. The molecule has 0 saturated heterocycles. The van der Waals surface area contributed by atoms with E-state index in [9.17, 15) is 4.79 Å². The van der Waals surface area contributed by atoms with Crippen molar-refractivity contribution in [2.75, 3.05) is 0 Å². The molecule has 1 unspecified atom stereocenters. The Hall–Kier alpha value is -0.630. The molecule has 0 radical (unpaired) electrons. The van der Waals surface area contributed by atoms with Crippen molar-refractivity contribution in [3.63, 3.8) is 0 Å². The number of carbonyl (C=O) groups is 1. The predicted molar refractivity (Wildman–Crippen MR) is 60.0 cm³/mol. The quantitative estimate of drug-likeness (QED) is 0.679. The summed E-state index contributed by atoms with van der Waals surface area (Å²) in [7, 11) is 0. The lowest BCUT2D eigenvalue weighted by molar-refractivity contribution is 0.0957. The van der Waals surface area contributed by atoms with Crippen LogP contribution in [0, 0.1) is 25.2 Å². The van der Waals surface area contributed by atoms with Gasteiger partial charge in [-0.3, -0.25) is 4.79 Å². The first kappa shape index (κ1) is 9.91. The van der Waals surface area contributed by atoms with Crippen LogP contribution in [0.3, 0.4) is 0 Å². The van der Waals surface area contributed by atoms with Gasteiger partial charge in [0.1, 0.15) is 0 Å². The largest absolute Gasteiger partial charge is 0.293 e. The van der Waals surface area contributed by atoms with Crippen LogP contribution in [0.1, 0.15) is 40.4 Å². The third-order valence-corrected chi connectivity index (χ3v) is 4.26. The Labute approximate surface area is 89.1 Å². The maximum Gasteiger partial charge on any atom is 0.176 e. The van der Waals surface area contributed by atoms with Crippen LogP contribution < -0.4 is 0 Å². The van der Waals surface area contributed by atoms with E-state index in [1.54, 1.807) is 11.3 Å². The minimum atomic E-state index is 0.251. The van der Waals surface area contributed by atoms with Crippen molar-refractivity contribution in [3.8, 4) is 0 Å². The molecule has 14 heavy (non-hydrogen) atoms. The summed E-state index contributed by atoms with van der Waals surface area (Å²) >= 11 is 1.64. The van der Waals surface area contributed by atoms with Crippen LogP contribution in [0.4, 0.5) is 0 Å². The van der Waals surface area contributed by atoms with Gasteiger partial charge in [-0.05, 0) is 37.3 Å². The monoisotopic (exact) mass is 208 g/mol. The normalized spacial score (nSPS) is 23.6. The van der Waals surface area contributed by atoms with E-state index in [1.807, 2.05) is 6.92 Å². The highest BCUT2D eigenvalue weighted by atomic mass is 32.1. The van der Waals surface area contributed by atoms with Crippen molar-refractivity contribution >= 4 is 17.1 Å². The van der Waals surface area contributed by atoms with Crippen LogP contribution in [0.15, 0.2) is 6.07 Å². The Bertz CT molecular complexity index is 387. The lowest BCUT2D eigenvalue weighted by atomic mass is 10.0. The number of thiophene rings is 1. The van der Waals surface area contributed by atoms with Gasteiger partial charge in [-0.2, -0.15) is 0 Å². The van der Waals surface area contributed by atoms with E-state index in [0.29, 0.717) is 5.78 Å². The van der Waals surface area contributed by atoms with Crippen LogP contribution in [0.5, 0.6) is 0 Å². The minimum absolute atomic E-state index is 0.251. The van der Waals surface area contributed by atoms with Crippen molar-refractivity contribution < 1.29 is 4.79 Å². The molecule has 76 valence electrons. The molecule has 1 aliphatic rings.